The molecule has 3 aromatic heterocycles. The fourth-order valence-electron chi connectivity index (χ4n) is 3.25. The van der Waals surface area contributed by atoms with Gasteiger partial charge in [0.15, 0.2) is 0 Å². The molecule has 4 rings (SSSR count). The van der Waals surface area contributed by atoms with Crippen LogP contribution in [0.5, 0.6) is 0 Å². The Bertz CT molecular complexity index is 1340. The average Bonchev–Trinajstić information content (AvgIpc) is 3.38. The van der Waals surface area contributed by atoms with Gasteiger partial charge in [-0.25, -0.2) is 0 Å². The third kappa shape index (κ3) is 6.55. The number of thiophene rings is 2. The number of aromatic nitrogens is 1. The van der Waals surface area contributed by atoms with E-state index in [1.807, 2.05) is 22.9 Å². The van der Waals surface area contributed by atoms with Gasteiger partial charge in [0.2, 0.25) is 0 Å². The van der Waals surface area contributed by atoms with E-state index >= 15 is 0 Å². The van der Waals surface area contributed by atoms with E-state index < -0.39 is 61.6 Å². The molecule has 4 heterocycles. The Labute approximate surface area is 214 Å². The van der Waals surface area contributed by atoms with E-state index in [1.165, 1.54) is 13.1 Å². The van der Waals surface area contributed by atoms with Crippen LogP contribution >= 0.6 is 22.7 Å². The zero-order valence-corrected chi connectivity index (χ0v) is 24.6. The van der Waals surface area contributed by atoms with Gasteiger partial charge in [-0.15, -0.1) is 0 Å². The van der Waals surface area contributed by atoms with Crippen LogP contribution in [-0.2, 0) is 26.8 Å². The van der Waals surface area contributed by atoms with Crippen LogP contribution in [0.1, 0.15) is 16.6 Å². The van der Waals surface area contributed by atoms with E-state index in [0.29, 0.717) is 13.1 Å². The van der Waals surface area contributed by atoms with Crippen molar-refractivity contribution in [1.29, 1.82) is 0 Å². The Balaban J connectivity index is 0.00000289. The zero-order chi connectivity index (χ0) is 22.2. The van der Waals surface area contributed by atoms with Gasteiger partial charge in [0.05, 0.1) is 0 Å². The monoisotopic (exact) mass is 750 g/mol. The molecular weight excluding hydrogens is 726 g/mol. The molecule has 0 saturated carbocycles. The molecule has 15 heteroatoms. The molecular formula is C17H20N3O6S4Te2-. The molecule has 0 radical (unpaired) electrons. The SMILES string of the molecule is N.O=S(=O)([O-])CCCN1C(=Cc2[te]c3sccc3[n+]2CCCS(=O)(=O)[O-])[Te]c2sccc21. The van der Waals surface area contributed by atoms with Gasteiger partial charge >= 0.3 is 210 Å². The third-order valence-electron chi connectivity index (χ3n) is 4.53. The van der Waals surface area contributed by atoms with Crippen molar-refractivity contribution in [2.45, 2.75) is 19.4 Å². The molecule has 0 saturated heterocycles. The van der Waals surface area contributed by atoms with Crippen LogP contribution in [0.2, 0.25) is 0 Å². The maximum absolute atomic E-state index is 11.0. The summed E-state index contributed by atoms with van der Waals surface area (Å²) in [6.45, 7) is 0.956. The molecule has 0 unspecified atom stereocenters. The first-order valence-electron chi connectivity index (χ1n) is 9.12. The zero-order valence-electron chi connectivity index (χ0n) is 16.6. The van der Waals surface area contributed by atoms with Gasteiger partial charge in [-0.1, -0.05) is 0 Å². The summed E-state index contributed by atoms with van der Waals surface area (Å²) < 4.78 is 73.3. The van der Waals surface area contributed by atoms with Crippen LogP contribution in [0, 0.1) is 0 Å². The second-order valence-electron chi connectivity index (χ2n) is 6.75. The first-order chi connectivity index (χ1) is 14.6. The van der Waals surface area contributed by atoms with E-state index in [2.05, 4.69) is 15.5 Å². The normalized spacial score (nSPS) is 15.4. The van der Waals surface area contributed by atoms with Crippen LogP contribution < -0.4 is 18.5 Å². The second kappa shape index (κ2) is 10.7. The molecule has 0 spiro atoms. The average molecular weight is 746 g/mol. The van der Waals surface area contributed by atoms with Crippen molar-refractivity contribution < 1.29 is 30.5 Å². The molecule has 32 heavy (non-hydrogen) atoms. The predicted molar refractivity (Wildman–Crippen MR) is 127 cm³/mol. The van der Waals surface area contributed by atoms with Crippen LogP contribution in [0.15, 0.2) is 26.6 Å². The van der Waals surface area contributed by atoms with Gasteiger partial charge in [-0.3, -0.25) is 0 Å². The van der Waals surface area contributed by atoms with Crippen molar-refractivity contribution in [3.8, 4) is 0 Å². The molecule has 3 N–H and O–H groups in total. The molecule has 0 amide bonds. The minimum absolute atomic E-state index is 0. The van der Waals surface area contributed by atoms with Gasteiger partial charge in [-0.05, 0) is 0 Å². The molecule has 3 aromatic rings. The van der Waals surface area contributed by atoms with E-state index in [1.54, 1.807) is 22.7 Å². The van der Waals surface area contributed by atoms with Crippen molar-refractivity contribution in [3.63, 3.8) is 0 Å². The van der Waals surface area contributed by atoms with E-state index in [-0.39, 0.29) is 30.5 Å². The van der Waals surface area contributed by atoms with Gasteiger partial charge < -0.3 is 6.15 Å². The number of nitrogens with zero attached hydrogens (tertiary/aromatic N) is 2. The van der Waals surface area contributed by atoms with E-state index in [9.17, 15) is 25.9 Å². The fraction of sp³-hybridized carbons (Fsp3) is 0.353. The number of hydrogen-bond acceptors (Lipinski definition) is 10. The molecule has 176 valence electrons. The van der Waals surface area contributed by atoms with Crippen molar-refractivity contribution in [2.75, 3.05) is 23.0 Å². The summed E-state index contributed by atoms with van der Waals surface area (Å²) in [7, 11) is -8.49. The van der Waals surface area contributed by atoms with Crippen LogP contribution in [-0.4, -0.2) is 85.3 Å². The standard InChI is InChI=1S/C17H18N2O6S4Te2.H3N/c20-28(21,22)9-1-5-18-12-3-7-26-16(12)30-14(18)11-15-19(6-2-10-29(23,24)25)13-4-8-27-17(13)31-15;/h3-4,7-8,11H,1-2,5-6,9-10H2,(H-,20,21,22,23,24,25);1H3/p-1. The molecule has 0 fully saturated rings. The summed E-state index contributed by atoms with van der Waals surface area (Å²) in [5.74, 6) is -0.761. The Morgan fingerprint density at radius 2 is 1.72 bits per heavy atom. The van der Waals surface area contributed by atoms with Gasteiger partial charge in [0.1, 0.15) is 0 Å². The Morgan fingerprint density at radius 1 is 1.03 bits per heavy atom. The van der Waals surface area contributed by atoms with Crippen molar-refractivity contribution >= 4 is 107 Å². The summed E-state index contributed by atoms with van der Waals surface area (Å²) in [5.41, 5.74) is 2.22. The molecule has 0 atom stereocenters. The Kier molecular flexibility index (Phi) is 8.89. The van der Waals surface area contributed by atoms with Crippen molar-refractivity contribution in [2.24, 2.45) is 0 Å². The molecule has 1 aliphatic heterocycles. The van der Waals surface area contributed by atoms with Gasteiger partial charge in [-0.2, -0.15) is 0 Å². The molecule has 0 bridgehead atoms. The first-order valence-corrected chi connectivity index (χ1v) is 18.7. The first kappa shape index (κ1) is 26.6. The summed E-state index contributed by atoms with van der Waals surface area (Å²) in [6, 6.07) is 4.09. The maximum atomic E-state index is 11.0. The summed E-state index contributed by atoms with van der Waals surface area (Å²) in [4.78, 5) is 2.14. The van der Waals surface area contributed by atoms with E-state index in [4.69, 9.17) is 0 Å². The quantitative estimate of drug-likeness (QED) is 0.189. The van der Waals surface area contributed by atoms with E-state index in [0.717, 1.165) is 11.2 Å². The van der Waals surface area contributed by atoms with Crippen molar-refractivity contribution in [3.05, 3.63) is 30.3 Å². The van der Waals surface area contributed by atoms with Crippen LogP contribution in [0.3, 0.4) is 0 Å². The number of aryl methyl sites for hydroxylation is 1. The fourth-order valence-corrected chi connectivity index (χ4v) is 14.6. The Hall–Kier alpha value is -0.0308. The number of rotatable bonds is 9. The van der Waals surface area contributed by atoms with Crippen molar-refractivity contribution in [1.82, 2.24) is 6.15 Å². The number of anilines is 1. The minimum atomic E-state index is -4.24. The summed E-state index contributed by atoms with van der Waals surface area (Å²) in [6.07, 6.45) is 2.74. The summed E-state index contributed by atoms with van der Waals surface area (Å²) in [5, 5.41) is 4.07. The van der Waals surface area contributed by atoms with Crippen LogP contribution in [0.4, 0.5) is 5.69 Å². The third-order valence-corrected chi connectivity index (χ3v) is 15.6. The van der Waals surface area contributed by atoms with Gasteiger partial charge in [0.25, 0.3) is 0 Å². The predicted octanol–water partition coefficient (Wildman–Crippen LogP) is 0.488. The van der Waals surface area contributed by atoms with Gasteiger partial charge in [0, 0.05) is 0 Å². The molecule has 0 aliphatic carbocycles. The summed E-state index contributed by atoms with van der Waals surface area (Å²) >= 11 is 2.16. The topological polar surface area (TPSA) is 157 Å². The molecule has 0 aromatic carbocycles. The molecule has 1 aliphatic rings. The Morgan fingerprint density at radius 3 is 2.44 bits per heavy atom. The molecule has 9 nitrogen and oxygen atoms in total. The number of fused-ring (bicyclic) bond motifs is 2. The number of hydrogen-bond donors (Lipinski definition) is 1. The van der Waals surface area contributed by atoms with Crippen LogP contribution in [0.25, 0.3) is 14.3 Å². The second-order valence-corrected chi connectivity index (χ2v) is 19.1.